The van der Waals surface area contributed by atoms with Gasteiger partial charge in [-0.2, -0.15) is 13.2 Å². The smallest absolute Gasteiger partial charge is 0.416 e. The second kappa shape index (κ2) is 5.80. The Morgan fingerprint density at radius 3 is 2.24 bits per heavy atom. The zero-order chi connectivity index (χ0) is 18.4. The zero-order valence-electron chi connectivity index (χ0n) is 12.2. The van der Waals surface area contributed by atoms with Crippen LogP contribution in [0.5, 0.6) is 0 Å². The molecule has 0 aliphatic heterocycles. The van der Waals surface area contributed by atoms with Crippen LogP contribution < -0.4 is 0 Å². The maximum atomic E-state index is 14.0. The molecule has 2 aromatic carbocycles. The number of carbonyl (C=O) groups is 1. The van der Waals surface area contributed by atoms with Crippen LogP contribution >= 0.6 is 0 Å². The average Bonchev–Trinajstić information content (AvgIpc) is 2.57. The predicted molar refractivity (Wildman–Crippen MR) is 79.1 cm³/mol. The minimum Gasteiger partial charge on any atom is -0.478 e. The number of carboxylic acids is 1. The van der Waals surface area contributed by atoms with Crippen LogP contribution in [0.25, 0.3) is 22.0 Å². The summed E-state index contributed by atoms with van der Waals surface area (Å²) in [6, 6.07) is 5.59. The normalized spacial score (nSPS) is 11.7. The Morgan fingerprint density at radius 2 is 1.68 bits per heavy atom. The lowest BCUT2D eigenvalue weighted by Crippen LogP contribution is -2.04. The second-order valence-corrected chi connectivity index (χ2v) is 5.22. The lowest BCUT2D eigenvalue weighted by molar-refractivity contribution is -0.137. The molecule has 1 heterocycles. The van der Waals surface area contributed by atoms with Crippen molar-refractivity contribution in [1.82, 2.24) is 4.98 Å². The predicted octanol–water partition coefficient (Wildman–Crippen LogP) is 4.90. The van der Waals surface area contributed by atoms with Crippen molar-refractivity contribution in [3.63, 3.8) is 0 Å². The van der Waals surface area contributed by atoms with Gasteiger partial charge in [-0.1, -0.05) is 12.1 Å². The summed E-state index contributed by atoms with van der Waals surface area (Å²) in [5.41, 5.74) is -1.03. The highest BCUT2D eigenvalue weighted by Gasteiger charge is 2.30. The molecule has 0 saturated heterocycles. The molecule has 1 aromatic heterocycles. The van der Waals surface area contributed by atoms with Crippen LogP contribution in [-0.4, -0.2) is 16.1 Å². The summed E-state index contributed by atoms with van der Waals surface area (Å²) in [5.74, 6) is -3.90. The van der Waals surface area contributed by atoms with Crippen molar-refractivity contribution in [3.8, 4) is 11.1 Å². The number of fused-ring (bicyclic) bond motifs is 1. The molecule has 3 nitrogen and oxygen atoms in total. The third-order valence-electron chi connectivity index (χ3n) is 3.63. The first-order valence-corrected chi connectivity index (χ1v) is 6.87. The second-order valence-electron chi connectivity index (χ2n) is 5.22. The molecule has 0 bridgehead atoms. The van der Waals surface area contributed by atoms with E-state index in [0.717, 1.165) is 42.6 Å². The minimum atomic E-state index is -4.52. The van der Waals surface area contributed by atoms with Crippen LogP contribution in [0.4, 0.5) is 22.0 Å². The van der Waals surface area contributed by atoms with Crippen LogP contribution in [0, 0.1) is 11.6 Å². The fraction of sp³-hybridized carbons (Fsp3) is 0.0588. The molecule has 8 heteroatoms. The molecule has 25 heavy (non-hydrogen) atoms. The molecule has 0 fully saturated rings. The number of pyridine rings is 1. The molecule has 0 unspecified atom stereocenters. The Hall–Kier alpha value is -3.03. The van der Waals surface area contributed by atoms with Crippen LogP contribution in [0.15, 0.2) is 42.6 Å². The van der Waals surface area contributed by atoms with E-state index in [4.69, 9.17) is 5.11 Å². The number of alkyl halides is 3. The summed E-state index contributed by atoms with van der Waals surface area (Å²) in [5, 5.41) is 8.57. The van der Waals surface area contributed by atoms with E-state index in [1.165, 1.54) is 0 Å². The Morgan fingerprint density at radius 1 is 1.04 bits per heavy atom. The van der Waals surface area contributed by atoms with Gasteiger partial charge in [-0.3, -0.25) is 4.98 Å². The number of hydrogen-bond donors (Lipinski definition) is 1. The standard InChI is InChI=1S/C17H8F5NO2/c18-13-6-11(8-1-3-10(4-2-8)17(20,21)22)15-12(14(13)19)5-9(7-23-15)16(24)25/h1-7H,(H,24,25). The van der Waals surface area contributed by atoms with E-state index >= 15 is 0 Å². The molecule has 128 valence electrons. The van der Waals surface area contributed by atoms with E-state index in [9.17, 15) is 26.7 Å². The quantitative estimate of drug-likeness (QED) is 0.667. The third kappa shape index (κ3) is 3.02. The van der Waals surface area contributed by atoms with E-state index in [-0.39, 0.29) is 27.6 Å². The van der Waals surface area contributed by atoms with Gasteiger partial charge >= 0.3 is 12.1 Å². The van der Waals surface area contributed by atoms with Crippen LogP contribution in [-0.2, 0) is 6.18 Å². The van der Waals surface area contributed by atoms with Gasteiger partial charge in [0, 0.05) is 17.1 Å². The topological polar surface area (TPSA) is 50.2 Å². The fourth-order valence-electron chi connectivity index (χ4n) is 2.41. The number of aromatic nitrogens is 1. The first-order valence-electron chi connectivity index (χ1n) is 6.87. The van der Waals surface area contributed by atoms with Gasteiger partial charge in [-0.05, 0) is 29.8 Å². The van der Waals surface area contributed by atoms with Crippen molar-refractivity contribution in [2.45, 2.75) is 6.18 Å². The number of nitrogens with zero attached hydrogens (tertiary/aromatic N) is 1. The van der Waals surface area contributed by atoms with Gasteiger partial charge in [0.1, 0.15) is 0 Å². The van der Waals surface area contributed by atoms with Gasteiger partial charge in [-0.15, -0.1) is 0 Å². The summed E-state index contributed by atoms with van der Waals surface area (Å²) in [7, 11) is 0. The van der Waals surface area contributed by atoms with E-state index in [1.807, 2.05) is 0 Å². The molecular formula is C17H8F5NO2. The van der Waals surface area contributed by atoms with E-state index in [0.29, 0.717) is 0 Å². The Bertz CT molecular complexity index is 981. The Balaban J connectivity index is 2.23. The number of rotatable bonds is 2. The SMILES string of the molecule is O=C(O)c1cnc2c(-c3ccc(C(F)(F)F)cc3)cc(F)c(F)c2c1. The molecule has 3 aromatic rings. The Labute approximate surface area is 137 Å². The van der Waals surface area contributed by atoms with Crippen molar-refractivity contribution in [3.05, 3.63) is 65.4 Å². The molecule has 0 aliphatic rings. The van der Waals surface area contributed by atoms with Crippen molar-refractivity contribution < 1.29 is 31.9 Å². The van der Waals surface area contributed by atoms with Crippen molar-refractivity contribution in [1.29, 1.82) is 0 Å². The van der Waals surface area contributed by atoms with E-state index in [2.05, 4.69) is 4.98 Å². The first-order chi connectivity index (χ1) is 11.7. The average molecular weight is 353 g/mol. The Kier molecular flexibility index (Phi) is 3.90. The number of aromatic carboxylic acids is 1. The van der Waals surface area contributed by atoms with Gasteiger partial charge in [0.15, 0.2) is 11.6 Å². The number of carboxylic acid groups (broad SMARTS) is 1. The highest BCUT2D eigenvalue weighted by Crippen LogP contribution is 2.34. The minimum absolute atomic E-state index is 0.0522. The van der Waals surface area contributed by atoms with Crippen LogP contribution in [0.1, 0.15) is 15.9 Å². The summed E-state index contributed by atoms with van der Waals surface area (Å²) >= 11 is 0. The highest BCUT2D eigenvalue weighted by molar-refractivity contribution is 5.98. The van der Waals surface area contributed by atoms with E-state index in [1.54, 1.807) is 0 Å². The molecule has 3 rings (SSSR count). The maximum absolute atomic E-state index is 14.0. The van der Waals surface area contributed by atoms with Crippen molar-refractivity contribution in [2.24, 2.45) is 0 Å². The molecule has 0 radical (unpaired) electrons. The molecule has 1 N–H and O–H groups in total. The number of halogens is 5. The van der Waals surface area contributed by atoms with Crippen molar-refractivity contribution in [2.75, 3.05) is 0 Å². The van der Waals surface area contributed by atoms with Gasteiger partial charge in [-0.25, -0.2) is 13.6 Å². The van der Waals surface area contributed by atoms with Gasteiger partial charge in [0.05, 0.1) is 16.6 Å². The summed E-state index contributed by atoms with van der Waals surface area (Å²) < 4.78 is 65.8. The van der Waals surface area contributed by atoms with E-state index < -0.39 is 29.3 Å². The van der Waals surface area contributed by atoms with Gasteiger partial charge in [0.25, 0.3) is 0 Å². The first kappa shape index (κ1) is 16.8. The third-order valence-corrected chi connectivity index (χ3v) is 3.63. The largest absolute Gasteiger partial charge is 0.478 e. The summed E-state index contributed by atoms with van der Waals surface area (Å²) in [4.78, 5) is 14.8. The van der Waals surface area contributed by atoms with Crippen LogP contribution in [0.3, 0.4) is 0 Å². The molecule has 0 spiro atoms. The molecule has 0 atom stereocenters. The number of benzene rings is 2. The van der Waals surface area contributed by atoms with Gasteiger partial charge in [0.2, 0.25) is 0 Å². The molecule has 0 saturated carbocycles. The fourth-order valence-corrected chi connectivity index (χ4v) is 2.41. The molecular weight excluding hydrogens is 345 g/mol. The van der Waals surface area contributed by atoms with Crippen LogP contribution in [0.2, 0.25) is 0 Å². The zero-order valence-corrected chi connectivity index (χ0v) is 12.2. The monoisotopic (exact) mass is 353 g/mol. The summed E-state index contributed by atoms with van der Waals surface area (Å²) in [6.45, 7) is 0. The summed E-state index contributed by atoms with van der Waals surface area (Å²) in [6.07, 6.45) is -3.56. The maximum Gasteiger partial charge on any atom is 0.416 e. The molecule has 0 aliphatic carbocycles. The van der Waals surface area contributed by atoms with Crippen molar-refractivity contribution >= 4 is 16.9 Å². The lowest BCUT2D eigenvalue weighted by atomic mass is 9.99. The lowest BCUT2D eigenvalue weighted by Gasteiger charge is -2.11. The van der Waals surface area contributed by atoms with Gasteiger partial charge < -0.3 is 5.11 Å². The number of hydrogen-bond acceptors (Lipinski definition) is 2. The highest BCUT2D eigenvalue weighted by atomic mass is 19.4. The molecule has 0 amide bonds.